The number of hydrogen-bond acceptors (Lipinski definition) is 5. The highest BCUT2D eigenvalue weighted by molar-refractivity contribution is 7.92. The minimum Gasteiger partial charge on any atom is -0.506 e. The zero-order valence-electron chi connectivity index (χ0n) is 10.1. The quantitative estimate of drug-likeness (QED) is 0.875. The molecule has 0 unspecified atom stereocenters. The third kappa shape index (κ3) is 2.07. The summed E-state index contributed by atoms with van der Waals surface area (Å²) < 4.78 is 26.1. The van der Waals surface area contributed by atoms with Crippen LogP contribution in [0.5, 0.6) is 5.75 Å². The zero-order valence-corrected chi connectivity index (χ0v) is 11.7. The van der Waals surface area contributed by atoms with Crippen LogP contribution in [0.3, 0.4) is 0 Å². The number of anilines is 1. The first kappa shape index (κ1) is 13.1. The second-order valence-electron chi connectivity index (χ2n) is 4.20. The van der Waals surface area contributed by atoms with E-state index >= 15 is 0 Å². The Hall–Kier alpha value is -1.90. The molecule has 2 N–H and O–H groups in total. The van der Waals surface area contributed by atoms with Crippen molar-refractivity contribution in [3.8, 4) is 16.9 Å². The summed E-state index contributed by atoms with van der Waals surface area (Å²) in [6.07, 6.45) is 0. The maximum atomic E-state index is 11.7. The lowest BCUT2D eigenvalue weighted by molar-refractivity contribution is -0.115. The predicted molar refractivity (Wildman–Crippen MR) is 75.8 cm³/mol. The summed E-state index contributed by atoms with van der Waals surface area (Å²) in [7, 11) is -3.90. The summed E-state index contributed by atoms with van der Waals surface area (Å²) in [5.41, 5.74) is 1.63. The Labute approximate surface area is 119 Å². The van der Waals surface area contributed by atoms with Gasteiger partial charge in [0.15, 0.2) is 0 Å². The van der Waals surface area contributed by atoms with Gasteiger partial charge in [0.25, 0.3) is 5.91 Å². The van der Waals surface area contributed by atoms with Gasteiger partial charge in [-0.2, -0.15) is 28.8 Å². The van der Waals surface area contributed by atoms with Gasteiger partial charge in [-0.15, -0.1) is 0 Å². The summed E-state index contributed by atoms with van der Waals surface area (Å²) in [5, 5.41) is 13.8. The highest BCUT2D eigenvalue weighted by Crippen LogP contribution is 2.35. The van der Waals surface area contributed by atoms with Crippen LogP contribution in [0.4, 0.5) is 5.69 Å². The largest absolute Gasteiger partial charge is 0.506 e. The average Bonchev–Trinajstić information content (AvgIpc) is 3.00. The lowest BCUT2D eigenvalue weighted by Gasteiger charge is -2.15. The third-order valence-electron chi connectivity index (χ3n) is 2.92. The number of nitrogens with zero attached hydrogens (tertiary/aromatic N) is 1. The van der Waals surface area contributed by atoms with Crippen molar-refractivity contribution in [3.63, 3.8) is 0 Å². The number of phenols is 1. The third-order valence-corrected chi connectivity index (χ3v) is 4.99. The molecule has 0 saturated carbocycles. The summed E-state index contributed by atoms with van der Waals surface area (Å²) in [6, 6.07) is 6.42. The Morgan fingerprint density at radius 3 is 2.60 bits per heavy atom. The van der Waals surface area contributed by atoms with Crippen LogP contribution in [0.15, 0.2) is 35.0 Å². The topological polar surface area (TPSA) is 86.7 Å². The van der Waals surface area contributed by atoms with Crippen LogP contribution in [0.25, 0.3) is 11.1 Å². The number of rotatable bonds is 2. The van der Waals surface area contributed by atoms with E-state index in [0.717, 1.165) is 11.1 Å². The number of carbonyl (C=O) groups excluding carboxylic acids is 1. The van der Waals surface area contributed by atoms with Crippen LogP contribution in [-0.2, 0) is 15.0 Å². The molecule has 0 bridgehead atoms. The van der Waals surface area contributed by atoms with Crippen molar-refractivity contribution in [1.29, 1.82) is 0 Å². The van der Waals surface area contributed by atoms with E-state index in [1.54, 1.807) is 6.07 Å². The van der Waals surface area contributed by atoms with Crippen molar-refractivity contribution in [2.75, 3.05) is 10.8 Å². The molecular weight excluding hydrogens is 300 g/mol. The van der Waals surface area contributed by atoms with Gasteiger partial charge < -0.3 is 5.11 Å². The molecule has 1 amide bonds. The molecule has 0 atom stereocenters. The molecule has 8 heteroatoms. The number of benzene rings is 1. The summed E-state index contributed by atoms with van der Waals surface area (Å²) in [6.45, 7) is -0.298. The van der Waals surface area contributed by atoms with Gasteiger partial charge in [-0.05, 0) is 40.1 Å². The van der Waals surface area contributed by atoms with Gasteiger partial charge in [0.2, 0.25) is 0 Å². The summed E-state index contributed by atoms with van der Waals surface area (Å²) >= 11 is 1.52. The molecule has 2 heterocycles. The van der Waals surface area contributed by atoms with E-state index in [2.05, 4.69) is 4.72 Å². The number of hydrogen-bond donors (Lipinski definition) is 2. The number of aromatic hydroxyl groups is 1. The smallest absolute Gasteiger partial charge is 0.308 e. The van der Waals surface area contributed by atoms with Crippen LogP contribution >= 0.6 is 11.3 Å². The number of thiophene rings is 1. The van der Waals surface area contributed by atoms with Crippen molar-refractivity contribution in [2.45, 2.75) is 0 Å². The molecular formula is C12H10N2O4S2. The van der Waals surface area contributed by atoms with Crippen molar-refractivity contribution in [2.24, 2.45) is 0 Å². The molecule has 1 aromatic heterocycles. The molecule has 1 aromatic carbocycles. The maximum absolute atomic E-state index is 11.7. The second kappa shape index (κ2) is 4.58. The number of nitrogens with one attached hydrogen (secondary N) is 1. The lowest BCUT2D eigenvalue weighted by Crippen LogP contribution is -2.31. The van der Waals surface area contributed by atoms with Gasteiger partial charge >= 0.3 is 10.2 Å². The van der Waals surface area contributed by atoms with E-state index in [-0.39, 0.29) is 18.0 Å². The SMILES string of the molecule is O=C1CNS(=O)(=O)N1c1ccc(-c2ccsc2)cc1O. The Morgan fingerprint density at radius 1 is 1.25 bits per heavy atom. The lowest BCUT2D eigenvalue weighted by atomic mass is 10.1. The Balaban J connectivity index is 2.06. The van der Waals surface area contributed by atoms with E-state index in [0.29, 0.717) is 4.31 Å². The highest BCUT2D eigenvalue weighted by Gasteiger charge is 2.37. The molecule has 3 rings (SSSR count). The van der Waals surface area contributed by atoms with Gasteiger partial charge in [-0.3, -0.25) is 4.79 Å². The molecule has 1 aliphatic heterocycles. The molecule has 1 aliphatic rings. The van der Waals surface area contributed by atoms with E-state index < -0.39 is 16.1 Å². The molecule has 0 radical (unpaired) electrons. The monoisotopic (exact) mass is 310 g/mol. The average molecular weight is 310 g/mol. The number of amides is 1. The maximum Gasteiger partial charge on any atom is 0.308 e. The van der Waals surface area contributed by atoms with Crippen molar-refractivity contribution >= 4 is 33.1 Å². The van der Waals surface area contributed by atoms with E-state index in [9.17, 15) is 18.3 Å². The fourth-order valence-electron chi connectivity index (χ4n) is 1.99. The predicted octanol–water partition coefficient (Wildman–Crippen LogP) is 1.30. The van der Waals surface area contributed by atoms with Crippen molar-refractivity contribution in [3.05, 3.63) is 35.0 Å². The van der Waals surface area contributed by atoms with Gasteiger partial charge in [-0.25, -0.2) is 0 Å². The van der Waals surface area contributed by atoms with Crippen molar-refractivity contribution < 1.29 is 18.3 Å². The van der Waals surface area contributed by atoms with E-state index in [4.69, 9.17) is 0 Å². The fraction of sp³-hybridized carbons (Fsp3) is 0.0833. The zero-order chi connectivity index (χ0) is 14.3. The first-order chi connectivity index (χ1) is 9.49. The first-order valence-corrected chi connectivity index (χ1v) is 8.06. The Kier molecular flexibility index (Phi) is 3.00. The van der Waals surface area contributed by atoms with Crippen LogP contribution in [0.1, 0.15) is 0 Å². The first-order valence-electron chi connectivity index (χ1n) is 5.67. The van der Waals surface area contributed by atoms with Gasteiger partial charge in [-0.1, -0.05) is 6.07 Å². The molecule has 104 valence electrons. The standard InChI is InChI=1S/C12H10N2O4S2/c15-11-5-8(9-3-4-19-7-9)1-2-10(11)14-12(16)6-13-20(14,17)18/h1-5,7,13,15H,6H2. The summed E-state index contributed by atoms with van der Waals surface area (Å²) in [5.74, 6) is -0.877. The number of phenolic OH excluding ortho intramolecular Hbond substituents is 1. The molecule has 20 heavy (non-hydrogen) atoms. The Morgan fingerprint density at radius 2 is 2.05 bits per heavy atom. The van der Waals surface area contributed by atoms with E-state index in [1.165, 1.54) is 23.5 Å². The molecule has 2 aromatic rings. The molecule has 0 spiro atoms. The molecule has 6 nitrogen and oxygen atoms in total. The molecule has 1 fully saturated rings. The Bertz CT molecular complexity index is 769. The van der Waals surface area contributed by atoms with E-state index in [1.807, 2.05) is 16.8 Å². The van der Waals surface area contributed by atoms with Crippen LogP contribution in [-0.4, -0.2) is 26.0 Å². The van der Waals surface area contributed by atoms with Gasteiger partial charge in [0, 0.05) is 0 Å². The van der Waals surface area contributed by atoms with Crippen LogP contribution < -0.4 is 9.03 Å². The second-order valence-corrected chi connectivity index (χ2v) is 6.58. The van der Waals surface area contributed by atoms with Crippen molar-refractivity contribution in [1.82, 2.24) is 4.72 Å². The summed E-state index contributed by atoms with van der Waals surface area (Å²) in [4.78, 5) is 11.6. The number of carbonyl (C=O) groups is 1. The minimum absolute atomic E-state index is 0.0426. The highest BCUT2D eigenvalue weighted by atomic mass is 32.2. The van der Waals surface area contributed by atoms with Gasteiger partial charge in [0.05, 0.1) is 6.54 Å². The molecule has 0 aliphatic carbocycles. The minimum atomic E-state index is -3.90. The van der Waals surface area contributed by atoms with Crippen LogP contribution in [0, 0.1) is 0 Å². The van der Waals surface area contributed by atoms with Gasteiger partial charge in [0.1, 0.15) is 11.4 Å². The van der Waals surface area contributed by atoms with Crippen LogP contribution in [0.2, 0.25) is 0 Å². The normalized spacial score (nSPS) is 17.6. The molecule has 1 saturated heterocycles. The fourth-order valence-corrected chi connectivity index (χ4v) is 3.84.